The normalized spacial score (nSPS) is 13.7. The highest BCUT2D eigenvalue weighted by molar-refractivity contribution is 6.47. The third-order valence-corrected chi connectivity index (χ3v) is 8.29. The molecule has 0 aromatic heterocycles. The molecule has 0 radical (unpaired) electrons. The van der Waals surface area contributed by atoms with Crippen LogP contribution in [0.4, 0.5) is 0 Å². The van der Waals surface area contributed by atoms with Crippen LogP contribution >= 0.6 is 46.4 Å². The van der Waals surface area contributed by atoms with Crippen molar-refractivity contribution in [3.63, 3.8) is 0 Å². The maximum atomic E-state index is 12.6. The Morgan fingerprint density at radius 2 is 1.35 bits per heavy atom. The summed E-state index contributed by atoms with van der Waals surface area (Å²) >= 11 is 24.5. The minimum absolute atomic E-state index is 0.0285. The van der Waals surface area contributed by atoms with Gasteiger partial charge in [-0.25, -0.2) is 0 Å². The standard InChI is InChI=1S/2C16H12Cl2O2/c1-20-12-8-10-7-11(9-5-3-2-4-6-9)16(19)13(10)15(18)14(12)17;1-10(11-6-4-3-5-7-11)16(19)12-8-9-13(20-2)15(18)14(12)17/h2-6,8,11H,7H2,1H3;3-9H,1H2,2H3. The molecular formula is C32H24Cl4O4. The van der Waals surface area contributed by atoms with E-state index in [1.165, 1.54) is 14.2 Å². The van der Waals surface area contributed by atoms with Crippen molar-refractivity contribution in [1.29, 1.82) is 0 Å². The number of halogens is 4. The van der Waals surface area contributed by atoms with E-state index in [-0.39, 0.29) is 27.5 Å². The summed E-state index contributed by atoms with van der Waals surface area (Å²) in [5, 5.41) is 0.994. The number of ether oxygens (including phenoxy) is 2. The smallest absolute Gasteiger partial charge is 0.194 e. The number of allylic oxidation sites excluding steroid dienone is 1. The summed E-state index contributed by atoms with van der Waals surface area (Å²) < 4.78 is 10.3. The van der Waals surface area contributed by atoms with Gasteiger partial charge in [0.25, 0.3) is 0 Å². The molecule has 0 N–H and O–H groups in total. The first kappa shape index (κ1) is 29.7. The second-order valence-electron chi connectivity index (χ2n) is 8.89. The van der Waals surface area contributed by atoms with E-state index in [0.717, 1.165) is 16.7 Å². The lowest BCUT2D eigenvalue weighted by Gasteiger charge is -2.10. The Morgan fingerprint density at radius 1 is 0.775 bits per heavy atom. The number of benzene rings is 4. The van der Waals surface area contributed by atoms with E-state index in [2.05, 4.69) is 6.58 Å². The first-order valence-electron chi connectivity index (χ1n) is 12.1. The number of ketones is 2. The molecule has 4 nitrogen and oxygen atoms in total. The first-order valence-corrected chi connectivity index (χ1v) is 13.7. The highest BCUT2D eigenvalue weighted by Gasteiger charge is 2.35. The molecule has 0 saturated carbocycles. The predicted molar refractivity (Wildman–Crippen MR) is 163 cm³/mol. The molecule has 4 aromatic rings. The van der Waals surface area contributed by atoms with Crippen LogP contribution in [-0.4, -0.2) is 25.8 Å². The van der Waals surface area contributed by atoms with E-state index in [9.17, 15) is 9.59 Å². The molecule has 0 bridgehead atoms. The van der Waals surface area contributed by atoms with Crippen molar-refractivity contribution in [1.82, 2.24) is 0 Å². The maximum Gasteiger partial charge on any atom is 0.194 e. The Morgan fingerprint density at radius 3 is 1.95 bits per heavy atom. The van der Waals surface area contributed by atoms with E-state index in [1.807, 2.05) is 66.7 Å². The lowest BCUT2D eigenvalue weighted by Crippen LogP contribution is -2.07. The molecule has 0 spiro atoms. The average Bonchev–Trinajstić information content (AvgIpc) is 3.32. The fraction of sp³-hybridized carbons (Fsp3) is 0.125. The third-order valence-electron chi connectivity index (χ3n) is 6.57. The molecule has 0 heterocycles. The van der Waals surface area contributed by atoms with Crippen LogP contribution in [0.15, 0.2) is 85.4 Å². The zero-order valence-corrected chi connectivity index (χ0v) is 24.7. The van der Waals surface area contributed by atoms with Crippen molar-refractivity contribution in [2.45, 2.75) is 12.3 Å². The highest BCUT2D eigenvalue weighted by Crippen LogP contribution is 2.44. The van der Waals surface area contributed by atoms with Gasteiger partial charge < -0.3 is 9.47 Å². The Labute approximate surface area is 253 Å². The third kappa shape index (κ3) is 5.91. The van der Waals surface area contributed by atoms with Gasteiger partial charge in [0.1, 0.15) is 21.5 Å². The summed E-state index contributed by atoms with van der Waals surface area (Å²) in [6, 6.07) is 23.9. The largest absolute Gasteiger partial charge is 0.495 e. The molecule has 0 fully saturated rings. The summed E-state index contributed by atoms with van der Waals surface area (Å²) in [7, 11) is 3.03. The number of Topliss-reactive ketones (excluding diaryl/α,β-unsaturated/α-hetero) is 2. The second kappa shape index (κ2) is 12.9. The molecule has 204 valence electrons. The lowest BCUT2D eigenvalue weighted by molar-refractivity contribution is 0.0972. The molecule has 0 saturated heterocycles. The zero-order valence-electron chi connectivity index (χ0n) is 21.6. The van der Waals surface area contributed by atoms with E-state index < -0.39 is 0 Å². The fourth-order valence-electron chi connectivity index (χ4n) is 4.47. The molecule has 0 aliphatic heterocycles. The molecule has 1 atom stereocenters. The summed E-state index contributed by atoms with van der Waals surface area (Å²) in [6.45, 7) is 3.83. The highest BCUT2D eigenvalue weighted by atomic mass is 35.5. The number of carbonyl (C=O) groups excluding carboxylic acids is 2. The zero-order chi connectivity index (χ0) is 29.0. The van der Waals surface area contributed by atoms with Crippen molar-refractivity contribution in [2.75, 3.05) is 14.2 Å². The number of hydrogen-bond acceptors (Lipinski definition) is 4. The van der Waals surface area contributed by atoms with E-state index in [0.29, 0.717) is 44.7 Å². The van der Waals surface area contributed by atoms with Crippen LogP contribution in [0.1, 0.15) is 43.3 Å². The van der Waals surface area contributed by atoms with Crippen LogP contribution in [0.2, 0.25) is 20.1 Å². The molecule has 1 aliphatic carbocycles. The summed E-state index contributed by atoms with van der Waals surface area (Å²) in [4.78, 5) is 25.0. The van der Waals surface area contributed by atoms with Crippen LogP contribution in [-0.2, 0) is 6.42 Å². The Kier molecular flexibility index (Phi) is 9.60. The molecule has 5 rings (SSSR count). The minimum atomic E-state index is -0.259. The molecule has 4 aromatic carbocycles. The SMILES string of the molecule is C=C(C(=O)c1ccc(OC)c(Cl)c1Cl)c1ccccc1.COc1cc2c(c(Cl)c1Cl)C(=O)C(c1ccccc1)C2. The van der Waals surface area contributed by atoms with Crippen LogP contribution in [0.3, 0.4) is 0 Å². The topological polar surface area (TPSA) is 52.6 Å². The van der Waals surface area contributed by atoms with Gasteiger partial charge >= 0.3 is 0 Å². The van der Waals surface area contributed by atoms with Crippen LogP contribution < -0.4 is 9.47 Å². The van der Waals surface area contributed by atoms with E-state index >= 15 is 0 Å². The molecule has 1 aliphatic rings. The van der Waals surface area contributed by atoms with Gasteiger partial charge in [0.2, 0.25) is 0 Å². The molecular weight excluding hydrogens is 590 g/mol. The van der Waals surface area contributed by atoms with Crippen molar-refractivity contribution in [3.8, 4) is 11.5 Å². The lowest BCUT2D eigenvalue weighted by atomic mass is 9.95. The van der Waals surface area contributed by atoms with Crippen molar-refractivity contribution < 1.29 is 19.1 Å². The second-order valence-corrected chi connectivity index (χ2v) is 10.4. The van der Waals surface area contributed by atoms with Crippen molar-refractivity contribution >= 4 is 63.5 Å². The molecule has 1 unspecified atom stereocenters. The molecule has 0 amide bonds. The first-order chi connectivity index (χ1) is 19.2. The van der Waals surface area contributed by atoms with E-state index in [4.69, 9.17) is 55.9 Å². The van der Waals surface area contributed by atoms with Gasteiger partial charge in [0.05, 0.1) is 30.2 Å². The number of fused-ring (bicyclic) bond motifs is 1. The quantitative estimate of drug-likeness (QED) is 0.160. The number of rotatable bonds is 6. The summed E-state index contributed by atoms with van der Waals surface area (Å²) in [6.07, 6.45) is 0.630. The maximum absolute atomic E-state index is 12.6. The Balaban J connectivity index is 0.000000185. The van der Waals surface area contributed by atoms with Crippen molar-refractivity contribution in [2.24, 2.45) is 0 Å². The van der Waals surface area contributed by atoms with Gasteiger partial charge in [-0.15, -0.1) is 0 Å². The van der Waals surface area contributed by atoms with Crippen molar-refractivity contribution in [3.05, 3.63) is 133 Å². The predicted octanol–water partition coefficient (Wildman–Crippen LogP) is 9.42. The van der Waals surface area contributed by atoms with Gasteiger partial charge in [-0.1, -0.05) is 114 Å². The van der Waals surface area contributed by atoms with Crippen LogP contribution in [0.25, 0.3) is 5.57 Å². The number of hydrogen-bond donors (Lipinski definition) is 0. The van der Waals surface area contributed by atoms with E-state index in [1.54, 1.807) is 12.1 Å². The summed E-state index contributed by atoms with van der Waals surface area (Å²) in [5.41, 5.74) is 3.86. The number of carbonyl (C=O) groups is 2. The Hall–Kier alpha value is -3.28. The van der Waals surface area contributed by atoms with Gasteiger partial charge in [-0.2, -0.15) is 0 Å². The monoisotopic (exact) mass is 612 g/mol. The van der Waals surface area contributed by atoms with Gasteiger partial charge in [-0.05, 0) is 41.3 Å². The Bertz CT molecular complexity index is 1580. The van der Waals surface area contributed by atoms with Crippen LogP contribution in [0.5, 0.6) is 11.5 Å². The van der Waals surface area contributed by atoms with Gasteiger partial charge in [0, 0.05) is 16.7 Å². The molecule has 40 heavy (non-hydrogen) atoms. The van der Waals surface area contributed by atoms with Gasteiger partial charge in [0.15, 0.2) is 11.6 Å². The molecule has 8 heteroatoms. The number of methoxy groups -OCH3 is 2. The average molecular weight is 614 g/mol. The minimum Gasteiger partial charge on any atom is -0.495 e. The van der Waals surface area contributed by atoms with Crippen LogP contribution in [0, 0.1) is 0 Å². The fourth-order valence-corrected chi connectivity index (χ4v) is 5.49. The van der Waals surface area contributed by atoms with Gasteiger partial charge in [-0.3, -0.25) is 9.59 Å². The summed E-state index contributed by atoms with van der Waals surface area (Å²) in [5.74, 6) is 0.522.